The molecule has 0 aromatic heterocycles. The molecule has 1 saturated carbocycles. The van der Waals surface area contributed by atoms with Gasteiger partial charge in [-0.05, 0) is 18.8 Å². The minimum Gasteiger partial charge on any atom is -0.303 e. The van der Waals surface area contributed by atoms with Gasteiger partial charge in [0.05, 0.1) is 0 Å². The van der Waals surface area contributed by atoms with Crippen LogP contribution in [-0.4, -0.2) is 6.29 Å². The molecule has 0 aliphatic heterocycles. The van der Waals surface area contributed by atoms with E-state index in [1.807, 2.05) is 0 Å². The number of hydrogen-bond donors (Lipinski definition) is 0. The SMILES string of the molecule is C#CCC1(C=O)CCCC(C)C1. The predicted molar refractivity (Wildman–Crippen MR) is 49.6 cm³/mol. The molecule has 0 radical (unpaired) electrons. The van der Waals surface area contributed by atoms with Crippen molar-refractivity contribution < 1.29 is 4.79 Å². The van der Waals surface area contributed by atoms with Gasteiger partial charge in [0, 0.05) is 11.8 Å². The molecule has 1 heteroatoms. The lowest BCUT2D eigenvalue weighted by Crippen LogP contribution is -2.28. The summed E-state index contributed by atoms with van der Waals surface area (Å²) in [5.74, 6) is 3.28. The maximum atomic E-state index is 10.9. The fourth-order valence-electron chi connectivity index (χ4n) is 2.21. The van der Waals surface area contributed by atoms with E-state index in [2.05, 4.69) is 12.8 Å². The average Bonchev–Trinajstić information content (AvgIpc) is 2.05. The van der Waals surface area contributed by atoms with Crippen LogP contribution < -0.4 is 0 Å². The largest absolute Gasteiger partial charge is 0.303 e. The Labute approximate surface area is 74.5 Å². The molecule has 0 aromatic carbocycles. The highest BCUT2D eigenvalue weighted by Gasteiger charge is 2.33. The molecule has 1 fully saturated rings. The molecular formula is C11H16O. The highest BCUT2D eigenvalue weighted by Crippen LogP contribution is 2.39. The Morgan fingerprint density at radius 1 is 1.75 bits per heavy atom. The minimum absolute atomic E-state index is 0.174. The zero-order valence-electron chi connectivity index (χ0n) is 7.68. The summed E-state index contributed by atoms with van der Waals surface area (Å²) in [6.07, 6.45) is 11.4. The van der Waals surface area contributed by atoms with Crippen LogP contribution in [0.25, 0.3) is 0 Å². The summed E-state index contributed by atoms with van der Waals surface area (Å²) in [5.41, 5.74) is -0.174. The Morgan fingerprint density at radius 3 is 3.00 bits per heavy atom. The molecule has 0 N–H and O–H groups in total. The smallest absolute Gasteiger partial charge is 0.127 e. The molecule has 0 aromatic rings. The molecule has 1 aliphatic carbocycles. The summed E-state index contributed by atoms with van der Waals surface area (Å²) >= 11 is 0. The van der Waals surface area contributed by atoms with Crippen LogP contribution in [0.1, 0.15) is 39.0 Å². The number of hydrogen-bond acceptors (Lipinski definition) is 1. The van der Waals surface area contributed by atoms with E-state index in [4.69, 9.17) is 6.42 Å². The van der Waals surface area contributed by atoms with E-state index in [0.29, 0.717) is 12.3 Å². The molecule has 0 amide bonds. The summed E-state index contributed by atoms with van der Waals surface area (Å²) in [4.78, 5) is 10.9. The van der Waals surface area contributed by atoms with Crippen LogP contribution >= 0.6 is 0 Å². The second kappa shape index (κ2) is 3.76. The molecule has 2 unspecified atom stereocenters. The Balaban J connectivity index is 2.65. The zero-order chi connectivity index (χ0) is 9.03. The molecule has 0 spiro atoms. The fourth-order valence-corrected chi connectivity index (χ4v) is 2.21. The third-order valence-electron chi connectivity index (χ3n) is 2.83. The van der Waals surface area contributed by atoms with Crippen LogP contribution in [0.5, 0.6) is 0 Å². The van der Waals surface area contributed by atoms with Crippen LogP contribution in [0, 0.1) is 23.7 Å². The normalized spacial score (nSPS) is 35.5. The number of aldehydes is 1. The van der Waals surface area contributed by atoms with Gasteiger partial charge in [-0.2, -0.15) is 0 Å². The zero-order valence-corrected chi connectivity index (χ0v) is 7.68. The first-order chi connectivity index (χ1) is 5.72. The van der Waals surface area contributed by atoms with Crippen LogP contribution in [0.15, 0.2) is 0 Å². The molecular weight excluding hydrogens is 148 g/mol. The highest BCUT2D eigenvalue weighted by atomic mass is 16.1. The quantitative estimate of drug-likeness (QED) is 0.452. The van der Waals surface area contributed by atoms with E-state index in [1.54, 1.807) is 0 Å². The van der Waals surface area contributed by atoms with E-state index < -0.39 is 0 Å². The van der Waals surface area contributed by atoms with Crippen molar-refractivity contribution in [2.45, 2.75) is 39.0 Å². The van der Waals surface area contributed by atoms with Crippen molar-refractivity contribution >= 4 is 6.29 Å². The molecule has 1 nitrogen and oxygen atoms in total. The van der Waals surface area contributed by atoms with Gasteiger partial charge in [0.2, 0.25) is 0 Å². The Kier molecular flexibility index (Phi) is 2.92. The molecule has 12 heavy (non-hydrogen) atoms. The standard InChI is InChI=1S/C11H16O/c1-3-6-11(9-12)7-4-5-10(2)8-11/h1,9-10H,4-8H2,2H3. The van der Waals surface area contributed by atoms with Gasteiger partial charge in [0.15, 0.2) is 0 Å². The Hall–Kier alpha value is -0.770. The molecule has 0 bridgehead atoms. The van der Waals surface area contributed by atoms with Crippen molar-refractivity contribution in [1.29, 1.82) is 0 Å². The van der Waals surface area contributed by atoms with E-state index in [1.165, 1.54) is 6.42 Å². The summed E-state index contributed by atoms with van der Waals surface area (Å²) in [6.45, 7) is 2.20. The Morgan fingerprint density at radius 2 is 2.50 bits per heavy atom. The van der Waals surface area contributed by atoms with E-state index >= 15 is 0 Å². The molecule has 66 valence electrons. The molecule has 1 rings (SSSR count). The monoisotopic (exact) mass is 164 g/mol. The van der Waals surface area contributed by atoms with Gasteiger partial charge in [0.25, 0.3) is 0 Å². The summed E-state index contributed by atoms with van der Waals surface area (Å²) in [7, 11) is 0. The molecule has 0 saturated heterocycles. The first-order valence-corrected chi connectivity index (χ1v) is 4.62. The van der Waals surface area contributed by atoms with Crippen molar-refractivity contribution in [2.24, 2.45) is 11.3 Å². The number of carbonyl (C=O) groups is 1. The lowest BCUT2D eigenvalue weighted by molar-refractivity contribution is -0.118. The third kappa shape index (κ3) is 1.88. The van der Waals surface area contributed by atoms with E-state index in [9.17, 15) is 4.79 Å². The first-order valence-electron chi connectivity index (χ1n) is 4.62. The Bertz CT molecular complexity index is 202. The van der Waals surface area contributed by atoms with E-state index in [-0.39, 0.29) is 5.41 Å². The van der Waals surface area contributed by atoms with Gasteiger partial charge >= 0.3 is 0 Å². The average molecular weight is 164 g/mol. The number of terminal acetylenes is 1. The summed E-state index contributed by atoms with van der Waals surface area (Å²) in [5, 5.41) is 0. The van der Waals surface area contributed by atoms with Gasteiger partial charge in [0.1, 0.15) is 6.29 Å². The predicted octanol–water partition coefficient (Wildman–Crippen LogP) is 2.41. The van der Waals surface area contributed by atoms with Gasteiger partial charge in [-0.3, -0.25) is 0 Å². The van der Waals surface area contributed by atoms with Gasteiger partial charge in [-0.1, -0.05) is 19.8 Å². The van der Waals surface area contributed by atoms with Crippen LogP contribution in [0.3, 0.4) is 0 Å². The van der Waals surface area contributed by atoms with Crippen molar-refractivity contribution in [3.63, 3.8) is 0 Å². The highest BCUT2D eigenvalue weighted by molar-refractivity contribution is 5.60. The maximum absolute atomic E-state index is 10.9. The second-order valence-corrected chi connectivity index (χ2v) is 4.06. The summed E-state index contributed by atoms with van der Waals surface area (Å²) in [6, 6.07) is 0. The molecule has 0 heterocycles. The van der Waals surface area contributed by atoms with Crippen molar-refractivity contribution in [3.8, 4) is 12.3 Å². The lowest BCUT2D eigenvalue weighted by atomic mass is 9.69. The van der Waals surface area contributed by atoms with Crippen LogP contribution in [-0.2, 0) is 4.79 Å². The van der Waals surface area contributed by atoms with Crippen LogP contribution in [0.2, 0.25) is 0 Å². The molecule has 2 atom stereocenters. The first kappa shape index (κ1) is 9.32. The van der Waals surface area contributed by atoms with Gasteiger partial charge in [-0.15, -0.1) is 12.3 Å². The van der Waals surface area contributed by atoms with Crippen molar-refractivity contribution in [2.75, 3.05) is 0 Å². The van der Waals surface area contributed by atoms with E-state index in [0.717, 1.165) is 25.5 Å². The molecule has 1 aliphatic rings. The minimum atomic E-state index is -0.174. The second-order valence-electron chi connectivity index (χ2n) is 4.06. The van der Waals surface area contributed by atoms with Gasteiger partial charge in [-0.25, -0.2) is 0 Å². The van der Waals surface area contributed by atoms with Crippen LogP contribution in [0.4, 0.5) is 0 Å². The fraction of sp³-hybridized carbons (Fsp3) is 0.727. The van der Waals surface area contributed by atoms with Crippen molar-refractivity contribution in [1.82, 2.24) is 0 Å². The van der Waals surface area contributed by atoms with Gasteiger partial charge < -0.3 is 4.79 Å². The van der Waals surface area contributed by atoms with Crippen molar-refractivity contribution in [3.05, 3.63) is 0 Å². The topological polar surface area (TPSA) is 17.1 Å². The third-order valence-corrected chi connectivity index (χ3v) is 2.83. The number of rotatable bonds is 2. The maximum Gasteiger partial charge on any atom is 0.127 e. The summed E-state index contributed by atoms with van der Waals surface area (Å²) < 4.78 is 0. The number of carbonyl (C=O) groups excluding carboxylic acids is 1. The lowest BCUT2D eigenvalue weighted by Gasteiger charge is -2.33.